The molecule has 8 nitrogen and oxygen atoms in total. The number of fused-ring (bicyclic) bond motifs is 1. The highest BCUT2D eigenvalue weighted by atomic mass is 19.1. The second kappa shape index (κ2) is 9.79. The fourth-order valence-electron chi connectivity index (χ4n) is 6.25. The zero-order valence-electron chi connectivity index (χ0n) is 21.9. The van der Waals surface area contributed by atoms with E-state index in [0.29, 0.717) is 53.0 Å². The van der Waals surface area contributed by atoms with Crippen LogP contribution in [0, 0.1) is 28.5 Å². The second-order valence-electron chi connectivity index (χ2n) is 10.9. The largest absolute Gasteiger partial charge is 0.481 e. The number of rotatable bonds is 7. The average Bonchev–Trinajstić information content (AvgIpc) is 3.33. The molecule has 0 unspecified atom stereocenters. The summed E-state index contributed by atoms with van der Waals surface area (Å²) < 4.78 is 21.8. The minimum absolute atomic E-state index is 0.00919. The smallest absolute Gasteiger partial charge is 0.306 e. The van der Waals surface area contributed by atoms with E-state index in [4.69, 9.17) is 9.84 Å². The Morgan fingerprint density at radius 3 is 2.58 bits per heavy atom. The molecule has 2 aromatic carbocycles. The van der Waals surface area contributed by atoms with Gasteiger partial charge in [-0.1, -0.05) is 24.3 Å². The van der Waals surface area contributed by atoms with Crippen molar-refractivity contribution in [2.24, 2.45) is 11.3 Å². The number of carbonyl (C=O) groups is 2. The van der Waals surface area contributed by atoms with Crippen molar-refractivity contribution in [3.63, 3.8) is 0 Å². The predicted octanol–water partition coefficient (Wildman–Crippen LogP) is 5.14. The molecule has 202 valence electrons. The molecule has 4 aromatic rings. The van der Waals surface area contributed by atoms with Crippen LogP contribution >= 0.6 is 0 Å². The van der Waals surface area contributed by atoms with Crippen molar-refractivity contribution in [2.45, 2.75) is 38.3 Å². The highest BCUT2D eigenvalue weighted by molar-refractivity contribution is 6.06. The fourth-order valence-corrected chi connectivity index (χ4v) is 6.25. The summed E-state index contributed by atoms with van der Waals surface area (Å²) in [5.41, 5.74) is 3.81. The first-order valence-corrected chi connectivity index (χ1v) is 13.1. The van der Waals surface area contributed by atoms with E-state index in [9.17, 15) is 19.2 Å². The van der Waals surface area contributed by atoms with Gasteiger partial charge in [-0.2, -0.15) is 5.26 Å². The highest BCUT2D eigenvalue weighted by Gasteiger charge is 2.55. The van der Waals surface area contributed by atoms with E-state index in [0.717, 1.165) is 24.0 Å². The number of nitriles is 1. The summed E-state index contributed by atoms with van der Waals surface area (Å²) >= 11 is 0. The Bertz CT molecular complexity index is 1670. The number of carbonyl (C=O) groups excluding carboxylic acids is 1. The lowest BCUT2D eigenvalue weighted by atomic mass is 9.50. The van der Waals surface area contributed by atoms with Gasteiger partial charge < -0.3 is 19.7 Å². The number of benzene rings is 2. The standard InChI is InChI=1S/C31H27FN4O4/c1-40-27-11-19(16-33)10-26(35-27)20-4-2-18(3-5-20)17-36-9-8-23-25(32)7-6-24(28(23)36)29(37)34-22-14-31(15-22)12-21(13-31)30(38)39/h2-11,21-22H,12-15,17H2,1H3,(H,34,37)(H,38,39). The van der Waals surface area contributed by atoms with Gasteiger partial charge in [-0.15, -0.1) is 0 Å². The normalized spacial score (nSPS) is 21.3. The first-order valence-electron chi connectivity index (χ1n) is 13.1. The molecule has 2 heterocycles. The Morgan fingerprint density at radius 1 is 1.15 bits per heavy atom. The molecule has 1 spiro atoms. The lowest BCUT2D eigenvalue weighted by molar-refractivity contribution is -0.155. The van der Waals surface area contributed by atoms with Gasteiger partial charge >= 0.3 is 5.97 Å². The number of nitrogens with zero attached hydrogens (tertiary/aromatic N) is 3. The summed E-state index contributed by atoms with van der Waals surface area (Å²) in [6.45, 7) is 0.422. The number of ether oxygens (including phenoxy) is 1. The Balaban J connectivity index is 1.20. The first kappa shape index (κ1) is 25.6. The Morgan fingerprint density at radius 2 is 1.90 bits per heavy atom. The number of nitrogens with one attached hydrogen (secondary N) is 1. The van der Waals surface area contributed by atoms with Crippen LogP contribution in [-0.4, -0.2) is 39.7 Å². The molecule has 0 radical (unpaired) electrons. The topological polar surface area (TPSA) is 117 Å². The van der Waals surface area contributed by atoms with Crippen LogP contribution in [0.2, 0.25) is 0 Å². The minimum atomic E-state index is -0.743. The molecule has 2 aliphatic rings. The number of hydrogen-bond acceptors (Lipinski definition) is 5. The van der Waals surface area contributed by atoms with Crippen LogP contribution < -0.4 is 10.1 Å². The number of halogens is 1. The zero-order chi connectivity index (χ0) is 28.0. The van der Waals surface area contributed by atoms with Crippen molar-refractivity contribution in [1.82, 2.24) is 14.9 Å². The molecule has 40 heavy (non-hydrogen) atoms. The molecule has 6 rings (SSSR count). The molecule has 0 saturated heterocycles. The summed E-state index contributed by atoms with van der Waals surface area (Å²) in [6, 6.07) is 17.6. The number of hydrogen-bond donors (Lipinski definition) is 2. The third kappa shape index (κ3) is 4.56. The SMILES string of the molecule is COc1cc(C#N)cc(-c2ccc(Cn3ccc4c(F)ccc(C(=O)NC5CC6(C5)CC(C(=O)O)C6)c43)cc2)n1. The van der Waals surface area contributed by atoms with Gasteiger partial charge in [0.15, 0.2) is 0 Å². The number of aromatic nitrogens is 2. The molecule has 1 amide bonds. The quantitative estimate of drug-likeness (QED) is 0.336. The molecule has 2 aliphatic carbocycles. The molecule has 0 atom stereocenters. The van der Waals surface area contributed by atoms with Crippen molar-refractivity contribution in [1.29, 1.82) is 5.26 Å². The number of carboxylic acid groups (broad SMARTS) is 1. The predicted molar refractivity (Wildman–Crippen MR) is 145 cm³/mol. The third-order valence-corrected chi connectivity index (χ3v) is 8.26. The number of aliphatic carboxylic acids is 1. The van der Waals surface area contributed by atoms with Gasteiger partial charge in [-0.3, -0.25) is 9.59 Å². The third-order valence-electron chi connectivity index (χ3n) is 8.26. The number of carboxylic acids is 1. The van der Waals surface area contributed by atoms with Crippen molar-refractivity contribution < 1.29 is 23.8 Å². The molecule has 0 bridgehead atoms. The van der Waals surface area contributed by atoms with Gasteiger partial charge in [0.1, 0.15) is 5.82 Å². The molecular formula is C31H27FN4O4. The maximum absolute atomic E-state index is 14.7. The zero-order valence-corrected chi connectivity index (χ0v) is 21.9. The van der Waals surface area contributed by atoms with Crippen molar-refractivity contribution >= 4 is 22.8 Å². The Hall–Kier alpha value is -4.71. The summed E-state index contributed by atoms with van der Waals surface area (Å²) in [4.78, 5) is 28.9. The van der Waals surface area contributed by atoms with E-state index < -0.39 is 11.8 Å². The molecule has 2 fully saturated rings. The van der Waals surface area contributed by atoms with E-state index in [-0.39, 0.29) is 23.3 Å². The Labute approximate surface area is 230 Å². The van der Waals surface area contributed by atoms with Gasteiger partial charge in [-0.25, -0.2) is 9.37 Å². The van der Waals surface area contributed by atoms with E-state index in [1.807, 2.05) is 28.8 Å². The molecular weight excluding hydrogens is 511 g/mol. The number of pyridine rings is 1. The summed E-state index contributed by atoms with van der Waals surface area (Å²) in [5.74, 6) is -1.31. The van der Waals surface area contributed by atoms with Crippen LogP contribution in [0.1, 0.15) is 47.2 Å². The summed E-state index contributed by atoms with van der Waals surface area (Å²) in [7, 11) is 1.50. The van der Waals surface area contributed by atoms with Crippen LogP contribution in [0.5, 0.6) is 5.88 Å². The molecule has 2 saturated carbocycles. The van der Waals surface area contributed by atoms with E-state index in [1.54, 1.807) is 24.4 Å². The van der Waals surface area contributed by atoms with Gasteiger partial charge in [-0.05, 0) is 60.9 Å². The fraction of sp³-hybridized carbons (Fsp3) is 0.290. The lowest BCUT2D eigenvalue weighted by Crippen LogP contribution is -2.57. The minimum Gasteiger partial charge on any atom is -0.481 e. The highest BCUT2D eigenvalue weighted by Crippen LogP contribution is 2.58. The number of amides is 1. The van der Waals surface area contributed by atoms with Crippen molar-refractivity contribution in [3.05, 3.63) is 83.3 Å². The second-order valence-corrected chi connectivity index (χ2v) is 10.9. The van der Waals surface area contributed by atoms with Crippen molar-refractivity contribution in [3.8, 4) is 23.2 Å². The first-order chi connectivity index (χ1) is 19.3. The molecule has 9 heteroatoms. The van der Waals surface area contributed by atoms with E-state index >= 15 is 0 Å². The van der Waals surface area contributed by atoms with Crippen LogP contribution in [0.15, 0.2) is 60.8 Å². The van der Waals surface area contributed by atoms with Crippen LogP contribution in [-0.2, 0) is 11.3 Å². The summed E-state index contributed by atoms with van der Waals surface area (Å²) in [5, 5.41) is 21.9. The van der Waals surface area contributed by atoms with Crippen molar-refractivity contribution in [2.75, 3.05) is 7.11 Å². The van der Waals surface area contributed by atoms with Gasteiger partial charge in [0.05, 0.1) is 41.4 Å². The van der Waals surface area contributed by atoms with E-state index in [2.05, 4.69) is 16.4 Å². The lowest BCUT2D eigenvalue weighted by Gasteiger charge is -2.56. The van der Waals surface area contributed by atoms with Crippen LogP contribution in [0.4, 0.5) is 4.39 Å². The number of methoxy groups -OCH3 is 1. The van der Waals surface area contributed by atoms with Gasteiger partial charge in [0.2, 0.25) is 5.88 Å². The Kier molecular flexibility index (Phi) is 6.26. The van der Waals surface area contributed by atoms with E-state index in [1.165, 1.54) is 19.2 Å². The molecule has 2 N–H and O–H groups in total. The summed E-state index contributed by atoms with van der Waals surface area (Å²) in [6.07, 6.45) is 4.67. The monoisotopic (exact) mass is 538 g/mol. The maximum atomic E-state index is 14.7. The van der Waals surface area contributed by atoms with Gasteiger partial charge in [0.25, 0.3) is 5.91 Å². The van der Waals surface area contributed by atoms with Crippen LogP contribution in [0.3, 0.4) is 0 Å². The molecule has 0 aliphatic heterocycles. The molecule has 2 aromatic heterocycles. The van der Waals surface area contributed by atoms with Gasteiger partial charge in [0, 0.05) is 35.8 Å². The van der Waals surface area contributed by atoms with Crippen LogP contribution in [0.25, 0.3) is 22.2 Å². The average molecular weight is 539 g/mol. The maximum Gasteiger partial charge on any atom is 0.306 e.